The van der Waals surface area contributed by atoms with Crippen LogP contribution in [0.5, 0.6) is 0 Å². The molecule has 3 nitrogen and oxygen atoms in total. The zero-order valence-electron chi connectivity index (χ0n) is 9.88. The van der Waals surface area contributed by atoms with E-state index >= 15 is 0 Å². The van der Waals surface area contributed by atoms with Gasteiger partial charge < -0.3 is 5.11 Å². The minimum absolute atomic E-state index is 0.0474. The lowest BCUT2D eigenvalue weighted by molar-refractivity contribution is -0.138. The first-order valence-electron chi connectivity index (χ1n) is 5.65. The molecular weight excluding hydrogens is 269 g/mol. The van der Waals surface area contributed by atoms with Gasteiger partial charge in [0.2, 0.25) is 0 Å². The molecule has 0 aliphatic rings. The molecule has 1 aromatic heterocycles. The molecule has 5 heteroatoms. The Morgan fingerprint density at radius 3 is 2.74 bits per heavy atom. The summed E-state index contributed by atoms with van der Waals surface area (Å²) in [5, 5.41) is 9.57. The highest BCUT2D eigenvalue weighted by molar-refractivity contribution is 6.31. The first-order valence-corrected chi connectivity index (χ1v) is 6.03. The standard InChI is InChI=1S/C14H11ClFNO2/c15-12-8-17-6-5-10(12)11(14(18)19)7-9-3-1-2-4-13(9)16/h1-6,8,11H,7H2,(H,18,19). The Kier molecular flexibility index (Phi) is 4.12. The van der Waals surface area contributed by atoms with Crippen LogP contribution in [0.25, 0.3) is 0 Å². The summed E-state index contributed by atoms with van der Waals surface area (Å²) in [6.07, 6.45) is 2.90. The van der Waals surface area contributed by atoms with Crippen LogP contribution in [0, 0.1) is 5.82 Å². The number of aromatic nitrogens is 1. The topological polar surface area (TPSA) is 50.2 Å². The van der Waals surface area contributed by atoms with Gasteiger partial charge in [-0.25, -0.2) is 4.39 Å². The van der Waals surface area contributed by atoms with E-state index < -0.39 is 17.7 Å². The summed E-state index contributed by atoms with van der Waals surface area (Å²) >= 11 is 5.95. The van der Waals surface area contributed by atoms with Crippen molar-refractivity contribution in [2.75, 3.05) is 0 Å². The van der Waals surface area contributed by atoms with Crippen molar-refractivity contribution in [3.05, 3.63) is 64.7 Å². The van der Waals surface area contributed by atoms with Gasteiger partial charge >= 0.3 is 5.97 Å². The molecule has 0 fully saturated rings. The first-order chi connectivity index (χ1) is 9.09. The van der Waals surface area contributed by atoms with Gasteiger partial charge in [0.25, 0.3) is 0 Å². The molecular formula is C14H11ClFNO2. The number of pyridine rings is 1. The molecule has 98 valence electrons. The molecule has 0 amide bonds. The molecule has 1 heterocycles. The van der Waals surface area contributed by atoms with E-state index in [0.29, 0.717) is 11.1 Å². The maximum atomic E-state index is 13.6. The molecule has 2 rings (SSSR count). The number of hydrogen-bond donors (Lipinski definition) is 1. The largest absolute Gasteiger partial charge is 0.481 e. The summed E-state index contributed by atoms with van der Waals surface area (Å²) in [6.45, 7) is 0. The Morgan fingerprint density at radius 1 is 1.37 bits per heavy atom. The van der Waals surface area contributed by atoms with Gasteiger partial charge in [-0.2, -0.15) is 0 Å². The smallest absolute Gasteiger partial charge is 0.311 e. The monoisotopic (exact) mass is 279 g/mol. The van der Waals surface area contributed by atoms with E-state index in [4.69, 9.17) is 11.6 Å². The van der Waals surface area contributed by atoms with E-state index in [1.807, 2.05) is 0 Å². The second kappa shape index (κ2) is 5.80. The van der Waals surface area contributed by atoms with Gasteiger partial charge in [0.15, 0.2) is 0 Å². The summed E-state index contributed by atoms with van der Waals surface area (Å²) in [5.74, 6) is -2.36. The van der Waals surface area contributed by atoms with Crippen molar-refractivity contribution in [3.8, 4) is 0 Å². The molecule has 0 bridgehead atoms. The number of rotatable bonds is 4. The van der Waals surface area contributed by atoms with Crippen LogP contribution in [-0.2, 0) is 11.2 Å². The van der Waals surface area contributed by atoms with Gasteiger partial charge in [0.05, 0.1) is 10.9 Å². The molecule has 0 saturated carbocycles. The normalized spacial score (nSPS) is 12.1. The molecule has 2 aromatic rings. The summed E-state index contributed by atoms with van der Waals surface area (Å²) < 4.78 is 13.6. The van der Waals surface area contributed by atoms with Gasteiger partial charge in [0.1, 0.15) is 5.82 Å². The van der Waals surface area contributed by atoms with E-state index in [1.54, 1.807) is 24.3 Å². The highest BCUT2D eigenvalue weighted by Gasteiger charge is 2.23. The average Bonchev–Trinajstić information content (AvgIpc) is 2.38. The third kappa shape index (κ3) is 3.09. The van der Waals surface area contributed by atoms with Crippen LogP contribution < -0.4 is 0 Å². The molecule has 0 spiro atoms. The molecule has 0 aliphatic heterocycles. The lowest BCUT2D eigenvalue weighted by Crippen LogP contribution is -2.15. The number of carbonyl (C=O) groups is 1. The lowest BCUT2D eigenvalue weighted by Gasteiger charge is -2.14. The van der Waals surface area contributed by atoms with E-state index in [9.17, 15) is 14.3 Å². The van der Waals surface area contributed by atoms with Crippen LogP contribution in [0.3, 0.4) is 0 Å². The summed E-state index contributed by atoms with van der Waals surface area (Å²) in [4.78, 5) is 15.2. The number of carboxylic acid groups (broad SMARTS) is 1. The third-order valence-corrected chi connectivity index (χ3v) is 3.18. The minimum Gasteiger partial charge on any atom is -0.481 e. The van der Waals surface area contributed by atoms with Crippen molar-refractivity contribution in [3.63, 3.8) is 0 Å². The number of carboxylic acids is 1. The van der Waals surface area contributed by atoms with Gasteiger partial charge in [-0.05, 0) is 29.7 Å². The van der Waals surface area contributed by atoms with Gasteiger partial charge in [0, 0.05) is 12.4 Å². The lowest BCUT2D eigenvalue weighted by atomic mass is 9.92. The second-order valence-corrected chi connectivity index (χ2v) is 4.49. The molecule has 0 radical (unpaired) electrons. The quantitative estimate of drug-likeness (QED) is 0.934. The predicted octanol–water partition coefficient (Wildman–Crippen LogP) is 3.29. The SMILES string of the molecule is O=C(O)C(Cc1ccccc1F)c1ccncc1Cl. The average molecular weight is 280 g/mol. The van der Waals surface area contributed by atoms with Crippen molar-refractivity contribution in [1.82, 2.24) is 4.98 Å². The van der Waals surface area contributed by atoms with Crippen LogP contribution in [0.2, 0.25) is 5.02 Å². The Bertz CT molecular complexity index is 604. The van der Waals surface area contributed by atoms with Crippen LogP contribution in [-0.4, -0.2) is 16.1 Å². The fraction of sp³-hybridized carbons (Fsp3) is 0.143. The third-order valence-electron chi connectivity index (χ3n) is 2.86. The van der Waals surface area contributed by atoms with Crippen molar-refractivity contribution < 1.29 is 14.3 Å². The van der Waals surface area contributed by atoms with Gasteiger partial charge in [-0.15, -0.1) is 0 Å². The number of aliphatic carboxylic acids is 1. The minimum atomic E-state index is -1.05. The van der Waals surface area contributed by atoms with Gasteiger partial charge in [-0.3, -0.25) is 9.78 Å². The van der Waals surface area contributed by atoms with Crippen molar-refractivity contribution >= 4 is 17.6 Å². The Hall–Kier alpha value is -1.94. The Morgan fingerprint density at radius 2 is 2.11 bits per heavy atom. The number of benzene rings is 1. The summed E-state index contributed by atoms with van der Waals surface area (Å²) in [7, 11) is 0. The maximum absolute atomic E-state index is 13.6. The van der Waals surface area contributed by atoms with Gasteiger partial charge in [-0.1, -0.05) is 29.8 Å². The van der Waals surface area contributed by atoms with Crippen molar-refractivity contribution in [1.29, 1.82) is 0 Å². The molecule has 1 N–H and O–H groups in total. The van der Waals surface area contributed by atoms with Crippen LogP contribution in [0.15, 0.2) is 42.7 Å². The van der Waals surface area contributed by atoms with E-state index in [-0.39, 0.29) is 11.4 Å². The fourth-order valence-corrected chi connectivity index (χ4v) is 2.13. The number of hydrogen-bond acceptors (Lipinski definition) is 2. The zero-order valence-corrected chi connectivity index (χ0v) is 10.6. The van der Waals surface area contributed by atoms with Crippen molar-refractivity contribution in [2.24, 2.45) is 0 Å². The molecule has 1 atom stereocenters. The molecule has 0 saturated heterocycles. The first kappa shape index (κ1) is 13.5. The number of halogens is 2. The zero-order chi connectivity index (χ0) is 13.8. The molecule has 1 aromatic carbocycles. The summed E-state index contributed by atoms with van der Waals surface area (Å²) in [6, 6.07) is 7.66. The predicted molar refractivity (Wildman–Crippen MR) is 69.7 cm³/mol. The Balaban J connectivity index is 2.35. The van der Waals surface area contributed by atoms with Crippen LogP contribution in [0.4, 0.5) is 4.39 Å². The maximum Gasteiger partial charge on any atom is 0.311 e. The highest BCUT2D eigenvalue weighted by Crippen LogP contribution is 2.27. The van der Waals surface area contributed by atoms with E-state index in [1.165, 1.54) is 18.5 Å². The van der Waals surface area contributed by atoms with E-state index in [2.05, 4.69) is 4.98 Å². The van der Waals surface area contributed by atoms with Crippen molar-refractivity contribution in [2.45, 2.75) is 12.3 Å². The molecule has 0 aliphatic carbocycles. The summed E-state index contributed by atoms with van der Waals surface area (Å²) in [5.41, 5.74) is 0.787. The van der Waals surface area contributed by atoms with Crippen LogP contribution >= 0.6 is 11.6 Å². The molecule has 19 heavy (non-hydrogen) atoms. The highest BCUT2D eigenvalue weighted by atomic mass is 35.5. The fourth-order valence-electron chi connectivity index (χ4n) is 1.88. The Labute approximate surface area is 114 Å². The van der Waals surface area contributed by atoms with Crippen LogP contribution in [0.1, 0.15) is 17.0 Å². The molecule has 1 unspecified atom stereocenters. The second-order valence-electron chi connectivity index (χ2n) is 4.08. The number of nitrogens with zero attached hydrogens (tertiary/aromatic N) is 1. The van der Waals surface area contributed by atoms with E-state index in [0.717, 1.165) is 0 Å².